The lowest BCUT2D eigenvalue weighted by Crippen LogP contribution is -2.32. The number of nitrogens with one attached hydrogen (secondary N) is 1. The fourth-order valence-electron chi connectivity index (χ4n) is 2.32. The molecule has 0 heterocycles. The third kappa shape index (κ3) is 5.67. The molecule has 0 aliphatic rings. The van der Waals surface area contributed by atoms with E-state index in [1.54, 1.807) is 48.5 Å². The first kappa shape index (κ1) is 19.1. The van der Waals surface area contributed by atoms with Crippen LogP contribution in [0.1, 0.15) is 21.5 Å². The van der Waals surface area contributed by atoms with Gasteiger partial charge in [0.15, 0.2) is 0 Å². The van der Waals surface area contributed by atoms with Gasteiger partial charge in [0.1, 0.15) is 0 Å². The minimum Gasteiger partial charge on any atom is -0.478 e. The first-order valence-corrected chi connectivity index (χ1v) is 9.33. The molecule has 25 heavy (non-hydrogen) atoms. The van der Waals surface area contributed by atoms with Crippen molar-refractivity contribution in [3.63, 3.8) is 0 Å². The number of aromatic carboxylic acids is 1. The summed E-state index contributed by atoms with van der Waals surface area (Å²) in [6.45, 7) is 3.33. The zero-order valence-electron chi connectivity index (χ0n) is 14.3. The summed E-state index contributed by atoms with van der Waals surface area (Å²) >= 11 is 0. The van der Waals surface area contributed by atoms with E-state index < -0.39 is 16.0 Å². The van der Waals surface area contributed by atoms with Gasteiger partial charge in [0.25, 0.3) is 0 Å². The lowest BCUT2D eigenvalue weighted by Gasteiger charge is -2.17. The summed E-state index contributed by atoms with van der Waals surface area (Å²) in [4.78, 5) is 13.1. The third-order valence-corrected chi connectivity index (χ3v) is 5.25. The van der Waals surface area contributed by atoms with Crippen molar-refractivity contribution in [2.45, 2.75) is 18.4 Å². The van der Waals surface area contributed by atoms with Crippen molar-refractivity contribution in [2.24, 2.45) is 0 Å². The molecule has 134 valence electrons. The largest absolute Gasteiger partial charge is 0.478 e. The Morgan fingerprint density at radius 1 is 1.08 bits per heavy atom. The number of carboxylic acids is 1. The van der Waals surface area contributed by atoms with Crippen molar-refractivity contribution < 1.29 is 18.3 Å². The molecule has 0 spiro atoms. The third-order valence-electron chi connectivity index (χ3n) is 3.77. The first-order valence-electron chi connectivity index (χ1n) is 7.85. The predicted molar refractivity (Wildman–Crippen MR) is 96.1 cm³/mol. The molecule has 0 fully saturated rings. The number of aryl methyl sites for hydroxylation is 1. The van der Waals surface area contributed by atoms with Crippen LogP contribution in [0.15, 0.2) is 53.4 Å². The highest BCUT2D eigenvalue weighted by molar-refractivity contribution is 7.89. The number of likely N-dealkylation sites (N-methyl/N-ethyl adjacent to an activating group) is 1. The first-order chi connectivity index (χ1) is 11.8. The summed E-state index contributed by atoms with van der Waals surface area (Å²) in [5, 5.41) is 8.88. The van der Waals surface area contributed by atoms with Gasteiger partial charge in [-0.25, -0.2) is 17.9 Å². The summed E-state index contributed by atoms with van der Waals surface area (Å²) < 4.78 is 27.0. The Morgan fingerprint density at radius 3 is 2.24 bits per heavy atom. The smallest absolute Gasteiger partial charge is 0.335 e. The molecule has 0 amide bonds. The van der Waals surface area contributed by atoms with Gasteiger partial charge in [-0.05, 0) is 43.8 Å². The molecule has 0 atom stereocenters. The zero-order valence-corrected chi connectivity index (χ0v) is 15.1. The molecule has 2 aromatic rings. The summed E-state index contributed by atoms with van der Waals surface area (Å²) in [6.07, 6.45) is 0. The molecule has 0 aromatic heterocycles. The maximum Gasteiger partial charge on any atom is 0.335 e. The average Bonchev–Trinajstić information content (AvgIpc) is 2.55. The van der Waals surface area contributed by atoms with E-state index in [0.717, 1.165) is 11.1 Å². The van der Waals surface area contributed by atoms with Crippen LogP contribution >= 0.6 is 0 Å². The van der Waals surface area contributed by atoms with E-state index in [2.05, 4.69) is 4.72 Å². The van der Waals surface area contributed by atoms with Crippen LogP contribution in [0.25, 0.3) is 0 Å². The molecule has 6 nitrogen and oxygen atoms in total. The molecule has 0 saturated heterocycles. The molecule has 7 heteroatoms. The topological polar surface area (TPSA) is 86.7 Å². The van der Waals surface area contributed by atoms with E-state index in [1.165, 1.54) is 0 Å². The number of benzene rings is 2. The van der Waals surface area contributed by atoms with Gasteiger partial charge in [-0.15, -0.1) is 0 Å². The van der Waals surface area contributed by atoms with Crippen molar-refractivity contribution in [3.8, 4) is 0 Å². The van der Waals surface area contributed by atoms with E-state index in [-0.39, 0.29) is 10.5 Å². The van der Waals surface area contributed by atoms with Crippen molar-refractivity contribution in [2.75, 3.05) is 20.1 Å². The van der Waals surface area contributed by atoms with Gasteiger partial charge < -0.3 is 10.0 Å². The summed E-state index contributed by atoms with van der Waals surface area (Å²) in [5.74, 6) is -0.953. The zero-order chi connectivity index (χ0) is 18.4. The summed E-state index contributed by atoms with van der Waals surface area (Å²) in [7, 11) is -1.62. The van der Waals surface area contributed by atoms with E-state index in [0.29, 0.717) is 19.6 Å². The van der Waals surface area contributed by atoms with Crippen LogP contribution in [0.2, 0.25) is 0 Å². The van der Waals surface area contributed by atoms with Crippen molar-refractivity contribution in [1.82, 2.24) is 9.62 Å². The number of carbonyl (C=O) groups is 1. The van der Waals surface area contributed by atoms with Crippen LogP contribution in [0.4, 0.5) is 0 Å². The molecule has 2 N–H and O–H groups in total. The monoisotopic (exact) mass is 362 g/mol. The van der Waals surface area contributed by atoms with Gasteiger partial charge in [-0.3, -0.25) is 0 Å². The van der Waals surface area contributed by atoms with Gasteiger partial charge in [0.05, 0.1) is 10.5 Å². The normalized spacial score (nSPS) is 11.6. The number of rotatable bonds is 8. The summed E-state index contributed by atoms with van der Waals surface area (Å²) in [5.41, 5.74) is 2.22. The fourth-order valence-corrected chi connectivity index (χ4v) is 3.34. The highest BCUT2D eigenvalue weighted by Gasteiger charge is 2.13. The van der Waals surface area contributed by atoms with Gasteiger partial charge in [-0.1, -0.05) is 29.8 Å². The second kappa shape index (κ2) is 8.24. The van der Waals surface area contributed by atoms with Gasteiger partial charge in [0.2, 0.25) is 10.0 Å². The highest BCUT2D eigenvalue weighted by Crippen LogP contribution is 2.10. The molecule has 0 bridgehead atoms. The van der Waals surface area contributed by atoms with Gasteiger partial charge in [0, 0.05) is 19.6 Å². The number of sulfonamides is 1. The molecule has 2 aromatic carbocycles. The minimum absolute atomic E-state index is 0.247. The maximum atomic E-state index is 12.2. The highest BCUT2D eigenvalue weighted by atomic mass is 32.2. The Kier molecular flexibility index (Phi) is 6.30. The van der Waals surface area contributed by atoms with Crippen LogP contribution in [0.3, 0.4) is 0 Å². The molecule has 0 aliphatic heterocycles. The number of hydrogen-bond acceptors (Lipinski definition) is 4. The Labute approximate surface area is 148 Å². The van der Waals surface area contributed by atoms with Crippen LogP contribution in [-0.4, -0.2) is 44.5 Å². The van der Waals surface area contributed by atoms with Crippen LogP contribution in [0.5, 0.6) is 0 Å². The van der Waals surface area contributed by atoms with Crippen LogP contribution in [0, 0.1) is 6.92 Å². The van der Waals surface area contributed by atoms with Crippen LogP contribution < -0.4 is 4.72 Å². The lowest BCUT2D eigenvalue weighted by atomic mass is 10.1. The van der Waals surface area contributed by atoms with Gasteiger partial charge >= 0.3 is 5.97 Å². The van der Waals surface area contributed by atoms with Crippen molar-refractivity contribution in [1.29, 1.82) is 0 Å². The molecular formula is C18H22N2O4S. The Hall–Kier alpha value is -2.22. The molecule has 0 unspecified atom stereocenters. The molecule has 0 saturated carbocycles. The average molecular weight is 362 g/mol. The van der Waals surface area contributed by atoms with E-state index >= 15 is 0 Å². The van der Waals surface area contributed by atoms with E-state index in [4.69, 9.17) is 5.11 Å². The van der Waals surface area contributed by atoms with Crippen LogP contribution in [-0.2, 0) is 16.6 Å². The van der Waals surface area contributed by atoms with E-state index in [9.17, 15) is 13.2 Å². The minimum atomic E-state index is -3.50. The number of hydrogen-bond donors (Lipinski definition) is 2. The van der Waals surface area contributed by atoms with Gasteiger partial charge in [-0.2, -0.15) is 0 Å². The lowest BCUT2D eigenvalue weighted by molar-refractivity contribution is 0.0697. The molecule has 0 radical (unpaired) electrons. The number of carboxylic acid groups (broad SMARTS) is 1. The Balaban J connectivity index is 1.84. The summed E-state index contributed by atoms with van der Waals surface area (Å²) in [6, 6.07) is 13.4. The second-order valence-electron chi connectivity index (χ2n) is 5.95. The van der Waals surface area contributed by atoms with Crippen molar-refractivity contribution >= 4 is 16.0 Å². The molecular weight excluding hydrogens is 340 g/mol. The quantitative estimate of drug-likeness (QED) is 0.751. The second-order valence-corrected chi connectivity index (χ2v) is 7.72. The molecule has 0 aliphatic carbocycles. The Bertz CT molecular complexity index is 815. The Morgan fingerprint density at radius 2 is 1.68 bits per heavy atom. The van der Waals surface area contributed by atoms with E-state index in [1.807, 2.05) is 18.9 Å². The maximum absolute atomic E-state index is 12.2. The van der Waals surface area contributed by atoms with Crippen molar-refractivity contribution in [3.05, 3.63) is 65.2 Å². The number of nitrogens with zero attached hydrogens (tertiary/aromatic N) is 1. The standard InChI is InChI=1S/C18H22N2O4S/c1-14-3-9-17(10-4-14)25(23,24)19-11-12-20(2)13-15-5-7-16(8-6-15)18(21)22/h3-10,19H,11-13H2,1-2H3,(H,21,22). The predicted octanol–water partition coefficient (Wildman–Crippen LogP) is 2.10. The fraction of sp³-hybridized carbons (Fsp3) is 0.278. The SMILES string of the molecule is Cc1ccc(S(=O)(=O)NCCN(C)Cc2ccc(C(=O)O)cc2)cc1. The molecule has 2 rings (SSSR count).